The van der Waals surface area contributed by atoms with Gasteiger partial charge in [-0.1, -0.05) is 43.4 Å². The first-order valence-corrected chi connectivity index (χ1v) is 9.35. The summed E-state index contributed by atoms with van der Waals surface area (Å²) in [5, 5.41) is 4.26. The van der Waals surface area contributed by atoms with Crippen LogP contribution in [0.15, 0.2) is 18.2 Å². The van der Waals surface area contributed by atoms with Crippen LogP contribution in [0.2, 0.25) is 5.02 Å². The van der Waals surface area contributed by atoms with E-state index in [0.29, 0.717) is 10.7 Å². The lowest BCUT2D eigenvalue weighted by molar-refractivity contribution is 0.266. The van der Waals surface area contributed by atoms with E-state index < -0.39 is 0 Å². The van der Waals surface area contributed by atoms with Crippen molar-refractivity contribution in [3.63, 3.8) is 0 Å². The molecule has 2 aliphatic rings. The normalized spacial score (nSPS) is 24.0. The molecule has 1 heterocycles. The summed E-state index contributed by atoms with van der Waals surface area (Å²) < 4.78 is 0. The van der Waals surface area contributed by atoms with Crippen LogP contribution in [0.3, 0.4) is 0 Å². The van der Waals surface area contributed by atoms with Crippen molar-refractivity contribution in [2.24, 2.45) is 17.8 Å². The lowest BCUT2D eigenvalue weighted by atomic mass is 9.80. The van der Waals surface area contributed by atoms with Crippen LogP contribution in [-0.4, -0.2) is 13.1 Å². The summed E-state index contributed by atoms with van der Waals surface area (Å²) in [4.78, 5) is 0. The molecule has 3 heteroatoms. The molecule has 0 spiro atoms. The Morgan fingerprint density at radius 3 is 2.73 bits per heavy atom. The number of nitrogen functional groups attached to an aromatic ring is 1. The van der Waals surface area contributed by atoms with E-state index in [0.717, 1.165) is 24.2 Å². The van der Waals surface area contributed by atoms with Crippen LogP contribution in [0.5, 0.6) is 0 Å². The fourth-order valence-electron chi connectivity index (χ4n) is 4.38. The molecule has 3 N–H and O–H groups in total. The van der Waals surface area contributed by atoms with Gasteiger partial charge < -0.3 is 11.1 Å². The third kappa shape index (κ3) is 4.17. The molecule has 22 heavy (non-hydrogen) atoms. The van der Waals surface area contributed by atoms with Gasteiger partial charge >= 0.3 is 0 Å². The molecule has 1 saturated heterocycles. The van der Waals surface area contributed by atoms with Gasteiger partial charge in [-0.25, -0.2) is 0 Å². The zero-order chi connectivity index (χ0) is 15.4. The maximum Gasteiger partial charge on any atom is 0.0638 e. The molecule has 1 aliphatic heterocycles. The van der Waals surface area contributed by atoms with Crippen molar-refractivity contribution in [3.05, 3.63) is 28.8 Å². The van der Waals surface area contributed by atoms with Crippen molar-refractivity contribution in [1.29, 1.82) is 0 Å². The second-order valence-electron chi connectivity index (χ2n) is 7.29. The van der Waals surface area contributed by atoms with Crippen LogP contribution >= 0.6 is 11.6 Å². The molecule has 2 fully saturated rings. The summed E-state index contributed by atoms with van der Waals surface area (Å²) in [7, 11) is 0. The Morgan fingerprint density at radius 1 is 1.23 bits per heavy atom. The zero-order valence-corrected chi connectivity index (χ0v) is 14.2. The highest BCUT2D eigenvalue weighted by molar-refractivity contribution is 6.33. The summed E-state index contributed by atoms with van der Waals surface area (Å²) in [6.45, 7) is 2.43. The second-order valence-corrected chi connectivity index (χ2v) is 7.70. The van der Waals surface area contributed by atoms with Crippen molar-refractivity contribution in [2.75, 3.05) is 18.8 Å². The van der Waals surface area contributed by atoms with E-state index in [2.05, 4.69) is 17.4 Å². The van der Waals surface area contributed by atoms with E-state index in [1.807, 2.05) is 6.07 Å². The topological polar surface area (TPSA) is 38.0 Å². The first-order valence-electron chi connectivity index (χ1n) is 8.97. The highest BCUT2D eigenvalue weighted by Crippen LogP contribution is 2.36. The standard InChI is InChI=1S/C19H29ClN2/c20-18-12-15(6-8-19(18)21)5-7-16(17-9-10-22-13-17)11-14-3-1-2-4-14/h6,8,12,14,16-17,22H,1-5,7,9-11,13,21H2/t16-,17?/m0/s1. The first-order chi connectivity index (χ1) is 10.7. The van der Waals surface area contributed by atoms with Crippen LogP contribution in [0.25, 0.3) is 0 Å². The van der Waals surface area contributed by atoms with Crippen molar-refractivity contribution in [2.45, 2.75) is 51.4 Å². The van der Waals surface area contributed by atoms with Crippen LogP contribution in [0, 0.1) is 17.8 Å². The van der Waals surface area contributed by atoms with Gasteiger partial charge in [-0.3, -0.25) is 0 Å². The molecule has 2 atom stereocenters. The predicted octanol–water partition coefficient (Wildman–Crippen LogP) is 4.66. The van der Waals surface area contributed by atoms with Crippen LogP contribution in [0.1, 0.15) is 50.5 Å². The van der Waals surface area contributed by atoms with E-state index in [4.69, 9.17) is 17.3 Å². The smallest absolute Gasteiger partial charge is 0.0638 e. The average Bonchev–Trinajstić information content (AvgIpc) is 3.19. The number of anilines is 1. The monoisotopic (exact) mass is 320 g/mol. The predicted molar refractivity (Wildman–Crippen MR) is 95.2 cm³/mol. The van der Waals surface area contributed by atoms with Gasteiger partial charge in [0.2, 0.25) is 0 Å². The second kappa shape index (κ2) is 7.70. The maximum atomic E-state index is 6.16. The summed E-state index contributed by atoms with van der Waals surface area (Å²) in [5.41, 5.74) is 7.84. The van der Waals surface area contributed by atoms with E-state index >= 15 is 0 Å². The Labute approximate surface area is 139 Å². The Hall–Kier alpha value is -0.730. The van der Waals surface area contributed by atoms with Gasteiger partial charge in [0.05, 0.1) is 10.7 Å². The molecule has 2 nitrogen and oxygen atoms in total. The van der Waals surface area contributed by atoms with Crippen LogP contribution in [0.4, 0.5) is 5.69 Å². The Balaban J connectivity index is 1.59. The van der Waals surface area contributed by atoms with Crippen molar-refractivity contribution < 1.29 is 0 Å². The number of nitrogens with one attached hydrogen (secondary N) is 1. The SMILES string of the molecule is Nc1ccc(CC[C@@H](CC2CCCC2)C2CCNC2)cc1Cl. The van der Waals surface area contributed by atoms with Gasteiger partial charge in [0.15, 0.2) is 0 Å². The largest absolute Gasteiger partial charge is 0.398 e. The molecule has 1 aromatic rings. The molecule has 0 aromatic heterocycles. The first kappa shape index (κ1) is 16.1. The average molecular weight is 321 g/mol. The van der Waals surface area contributed by atoms with Crippen LogP contribution < -0.4 is 11.1 Å². The summed E-state index contributed by atoms with van der Waals surface area (Å²) in [6.07, 6.45) is 11.1. The molecule has 1 unspecified atom stereocenters. The molecular weight excluding hydrogens is 292 g/mol. The van der Waals surface area contributed by atoms with E-state index in [9.17, 15) is 0 Å². The molecule has 1 aromatic carbocycles. The molecule has 0 bridgehead atoms. The third-order valence-electron chi connectivity index (χ3n) is 5.74. The molecule has 122 valence electrons. The maximum absolute atomic E-state index is 6.16. The van der Waals surface area contributed by atoms with Gasteiger partial charge in [-0.05, 0) is 74.2 Å². The minimum absolute atomic E-state index is 0.688. The van der Waals surface area contributed by atoms with Gasteiger partial charge in [0, 0.05) is 0 Å². The highest BCUT2D eigenvalue weighted by atomic mass is 35.5. The Morgan fingerprint density at radius 2 is 2.05 bits per heavy atom. The summed E-state index contributed by atoms with van der Waals surface area (Å²) >= 11 is 6.16. The van der Waals surface area contributed by atoms with E-state index in [1.54, 1.807) is 0 Å². The number of hydrogen-bond donors (Lipinski definition) is 2. The summed E-state index contributed by atoms with van der Waals surface area (Å²) in [6, 6.07) is 6.14. The van der Waals surface area contributed by atoms with E-state index in [-0.39, 0.29) is 0 Å². The Bertz CT molecular complexity index is 476. The highest BCUT2D eigenvalue weighted by Gasteiger charge is 2.28. The Kier molecular flexibility index (Phi) is 5.65. The summed E-state index contributed by atoms with van der Waals surface area (Å²) in [5.74, 6) is 2.74. The van der Waals surface area contributed by atoms with Crippen molar-refractivity contribution in [3.8, 4) is 0 Å². The fraction of sp³-hybridized carbons (Fsp3) is 0.684. The number of aryl methyl sites for hydroxylation is 1. The minimum atomic E-state index is 0.688. The van der Waals surface area contributed by atoms with Gasteiger partial charge in [-0.15, -0.1) is 0 Å². The number of hydrogen-bond acceptors (Lipinski definition) is 2. The number of rotatable bonds is 6. The molecule has 3 rings (SSSR count). The van der Waals surface area contributed by atoms with Gasteiger partial charge in [-0.2, -0.15) is 0 Å². The fourth-order valence-corrected chi connectivity index (χ4v) is 4.58. The molecule has 0 amide bonds. The van der Waals surface area contributed by atoms with E-state index in [1.165, 1.54) is 63.6 Å². The quantitative estimate of drug-likeness (QED) is 0.748. The van der Waals surface area contributed by atoms with Crippen molar-refractivity contribution >= 4 is 17.3 Å². The molecule has 1 saturated carbocycles. The van der Waals surface area contributed by atoms with Crippen LogP contribution in [-0.2, 0) is 6.42 Å². The number of nitrogens with two attached hydrogens (primary N) is 1. The van der Waals surface area contributed by atoms with Gasteiger partial charge in [0.25, 0.3) is 0 Å². The minimum Gasteiger partial charge on any atom is -0.398 e. The van der Waals surface area contributed by atoms with Gasteiger partial charge in [0.1, 0.15) is 0 Å². The zero-order valence-electron chi connectivity index (χ0n) is 13.5. The lowest BCUT2D eigenvalue weighted by Gasteiger charge is -2.26. The molecule has 1 aliphatic carbocycles. The lowest BCUT2D eigenvalue weighted by Crippen LogP contribution is -2.21. The molecule has 0 radical (unpaired) electrons. The van der Waals surface area contributed by atoms with Crippen molar-refractivity contribution in [1.82, 2.24) is 5.32 Å². The molecular formula is C19H29ClN2. The third-order valence-corrected chi connectivity index (χ3v) is 6.07. The number of halogens is 1. The number of benzene rings is 1.